The lowest BCUT2D eigenvalue weighted by Gasteiger charge is -2.06. The first-order valence-corrected chi connectivity index (χ1v) is 11.5. The third kappa shape index (κ3) is 6.19. The summed E-state index contributed by atoms with van der Waals surface area (Å²) >= 11 is 8.30. The highest BCUT2D eigenvalue weighted by Gasteiger charge is 2.13. The fraction of sp³-hybridized carbons (Fsp3) is 0.150. The van der Waals surface area contributed by atoms with E-state index >= 15 is 0 Å². The second-order valence-corrected chi connectivity index (χ2v) is 8.70. The first-order chi connectivity index (χ1) is 15.5. The van der Waals surface area contributed by atoms with E-state index in [-0.39, 0.29) is 41.8 Å². The molecule has 2 heterocycles. The van der Waals surface area contributed by atoms with Crippen molar-refractivity contribution in [1.29, 1.82) is 0 Å². The second kappa shape index (κ2) is 10.4. The van der Waals surface area contributed by atoms with Gasteiger partial charge < -0.3 is 19.8 Å². The van der Waals surface area contributed by atoms with Crippen molar-refractivity contribution >= 4 is 61.9 Å². The first-order valence-electron chi connectivity index (χ1n) is 9.31. The number of hydrogen-bond acceptors (Lipinski definition) is 9. The molecular weight excluding hydrogens is 474 g/mol. The molecule has 4 aromatic rings. The molecule has 0 saturated carbocycles. The summed E-state index contributed by atoms with van der Waals surface area (Å²) in [5, 5.41) is 14.5. The molecule has 0 unspecified atom stereocenters. The lowest BCUT2D eigenvalue weighted by atomic mass is 10.3. The van der Waals surface area contributed by atoms with Gasteiger partial charge in [0.15, 0.2) is 11.7 Å². The van der Waals surface area contributed by atoms with Crippen LogP contribution in [0.3, 0.4) is 0 Å². The van der Waals surface area contributed by atoms with E-state index in [0.717, 1.165) is 22.0 Å². The van der Waals surface area contributed by atoms with E-state index in [1.807, 2.05) is 24.3 Å². The van der Waals surface area contributed by atoms with Crippen LogP contribution < -0.4 is 15.4 Å². The van der Waals surface area contributed by atoms with Crippen molar-refractivity contribution < 1.29 is 18.7 Å². The standard InChI is InChI=1S/C20H16ClN5O4S2/c21-12-5-7-13(8-6-12)29-10-16(27)22-9-18-25-26-20(30-18)31-11-17(28)24-19-23-14-3-1-2-4-15(14)32-19/h1-8H,9-11H2,(H,22,27)(H,23,24,28). The monoisotopic (exact) mass is 489 g/mol. The van der Waals surface area contributed by atoms with E-state index in [2.05, 4.69) is 25.8 Å². The molecule has 0 aliphatic rings. The molecule has 12 heteroatoms. The van der Waals surface area contributed by atoms with Gasteiger partial charge in [-0.2, -0.15) is 0 Å². The largest absolute Gasteiger partial charge is 0.484 e. The number of carbonyl (C=O) groups excluding carboxylic acids is 2. The van der Waals surface area contributed by atoms with Crippen LogP contribution in [0.25, 0.3) is 10.2 Å². The Balaban J connectivity index is 1.18. The lowest BCUT2D eigenvalue weighted by molar-refractivity contribution is -0.123. The van der Waals surface area contributed by atoms with Crippen molar-refractivity contribution in [3.05, 3.63) is 59.4 Å². The Morgan fingerprint density at radius 3 is 2.72 bits per heavy atom. The first kappa shape index (κ1) is 22.1. The summed E-state index contributed by atoms with van der Waals surface area (Å²) in [7, 11) is 0. The van der Waals surface area contributed by atoms with Gasteiger partial charge >= 0.3 is 0 Å². The third-order valence-corrected chi connectivity index (χ3v) is 5.96. The van der Waals surface area contributed by atoms with Crippen LogP contribution in [0, 0.1) is 0 Å². The van der Waals surface area contributed by atoms with Crippen LogP contribution in [0.15, 0.2) is 58.2 Å². The molecule has 2 aromatic carbocycles. The number of para-hydroxylation sites is 1. The van der Waals surface area contributed by atoms with Crippen molar-refractivity contribution in [2.75, 3.05) is 17.7 Å². The normalized spacial score (nSPS) is 10.8. The number of halogens is 1. The van der Waals surface area contributed by atoms with Gasteiger partial charge in [0.2, 0.25) is 11.8 Å². The topological polar surface area (TPSA) is 119 Å². The summed E-state index contributed by atoms with van der Waals surface area (Å²) in [6.07, 6.45) is 0. The van der Waals surface area contributed by atoms with Gasteiger partial charge in [-0.3, -0.25) is 9.59 Å². The van der Waals surface area contributed by atoms with Crippen molar-refractivity contribution in [1.82, 2.24) is 20.5 Å². The Kier molecular flexibility index (Phi) is 7.20. The number of ether oxygens (including phenoxy) is 1. The number of nitrogens with one attached hydrogen (secondary N) is 2. The Hall–Kier alpha value is -3.15. The molecule has 164 valence electrons. The van der Waals surface area contributed by atoms with Gasteiger partial charge in [0.25, 0.3) is 11.1 Å². The van der Waals surface area contributed by atoms with Gasteiger partial charge in [-0.25, -0.2) is 4.98 Å². The molecule has 0 bridgehead atoms. The third-order valence-electron chi connectivity index (χ3n) is 3.94. The summed E-state index contributed by atoms with van der Waals surface area (Å²) in [6, 6.07) is 14.3. The molecule has 0 saturated heterocycles. The highest BCUT2D eigenvalue weighted by atomic mass is 35.5. The van der Waals surface area contributed by atoms with Gasteiger partial charge in [0.05, 0.1) is 22.5 Å². The van der Waals surface area contributed by atoms with Crippen LogP contribution >= 0.6 is 34.7 Å². The summed E-state index contributed by atoms with van der Waals surface area (Å²) < 4.78 is 11.8. The SMILES string of the molecule is O=C(COc1ccc(Cl)cc1)NCc1nnc(SCC(=O)Nc2nc3ccccc3s2)o1. The molecule has 2 amide bonds. The summed E-state index contributed by atoms with van der Waals surface area (Å²) in [5.41, 5.74) is 0.836. The molecule has 2 aromatic heterocycles. The molecule has 0 radical (unpaired) electrons. The number of nitrogens with zero attached hydrogens (tertiary/aromatic N) is 3. The maximum absolute atomic E-state index is 12.2. The molecule has 2 N–H and O–H groups in total. The number of carbonyl (C=O) groups is 2. The fourth-order valence-corrected chi connectivity index (χ4v) is 4.07. The molecule has 9 nitrogen and oxygen atoms in total. The number of amides is 2. The fourth-order valence-electron chi connectivity index (χ4n) is 2.48. The summed E-state index contributed by atoms with van der Waals surface area (Å²) in [4.78, 5) is 28.4. The van der Waals surface area contributed by atoms with Gasteiger partial charge in [0, 0.05) is 5.02 Å². The van der Waals surface area contributed by atoms with Gasteiger partial charge in [-0.1, -0.05) is 46.8 Å². The number of hydrogen-bond donors (Lipinski definition) is 2. The van der Waals surface area contributed by atoms with Crippen LogP contribution in [0.1, 0.15) is 5.89 Å². The average molecular weight is 490 g/mol. The Morgan fingerprint density at radius 2 is 1.91 bits per heavy atom. The number of thiazole rings is 1. The van der Waals surface area contributed by atoms with E-state index in [1.54, 1.807) is 24.3 Å². The van der Waals surface area contributed by atoms with E-state index in [4.69, 9.17) is 20.8 Å². The van der Waals surface area contributed by atoms with E-state index < -0.39 is 0 Å². The van der Waals surface area contributed by atoms with E-state index in [9.17, 15) is 9.59 Å². The molecular formula is C20H16ClN5O4S2. The van der Waals surface area contributed by atoms with Crippen molar-refractivity contribution in [3.8, 4) is 5.75 Å². The average Bonchev–Trinajstić information content (AvgIpc) is 3.42. The number of thioether (sulfide) groups is 1. The van der Waals surface area contributed by atoms with E-state index in [1.165, 1.54) is 11.3 Å². The zero-order valence-electron chi connectivity index (χ0n) is 16.4. The maximum atomic E-state index is 12.2. The van der Waals surface area contributed by atoms with Crippen LogP contribution in [0.2, 0.25) is 5.02 Å². The molecule has 32 heavy (non-hydrogen) atoms. The maximum Gasteiger partial charge on any atom is 0.277 e. The number of anilines is 1. The number of aromatic nitrogens is 3. The summed E-state index contributed by atoms with van der Waals surface area (Å²) in [6.45, 7) is -0.114. The zero-order chi connectivity index (χ0) is 22.3. The van der Waals surface area contributed by atoms with Crippen LogP contribution in [0.5, 0.6) is 5.75 Å². The zero-order valence-corrected chi connectivity index (χ0v) is 18.8. The minimum atomic E-state index is -0.345. The molecule has 0 atom stereocenters. The summed E-state index contributed by atoms with van der Waals surface area (Å²) in [5.74, 6) is 0.256. The minimum Gasteiger partial charge on any atom is -0.484 e. The predicted molar refractivity (Wildman–Crippen MR) is 122 cm³/mol. The Labute approximate surface area is 195 Å². The van der Waals surface area contributed by atoms with Gasteiger partial charge in [-0.15, -0.1) is 10.2 Å². The minimum absolute atomic E-state index is 0.0499. The number of rotatable bonds is 9. The highest BCUT2D eigenvalue weighted by molar-refractivity contribution is 7.99. The molecule has 0 fully saturated rings. The lowest BCUT2D eigenvalue weighted by Crippen LogP contribution is -2.28. The molecule has 4 rings (SSSR count). The van der Waals surface area contributed by atoms with Crippen molar-refractivity contribution in [3.63, 3.8) is 0 Å². The number of fused-ring (bicyclic) bond motifs is 1. The van der Waals surface area contributed by atoms with Crippen LogP contribution in [-0.2, 0) is 16.1 Å². The highest BCUT2D eigenvalue weighted by Crippen LogP contribution is 2.25. The molecule has 0 aliphatic heterocycles. The quantitative estimate of drug-likeness (QED) is 0.341. The smallest absolute Gasteiger partial charge is 0.277 e. The molecule has 0 spiro atoms. The predicted octanol–water partition coefficient (Wildman–Crippen LogP) is 3.76. The van der Waals surface area contributed by atoms with Gasteiger partial charge in [-0.05, 0) is 36.4 Å². The van der Waals surface area contributed by atoms with Crippen LogP contribution in [0.4, 0.5) is 5.13 Å². The van der Waals surface area contributed by atoms with E-state index in [0.29, 0.717) is 15.9 Å². The Bertz CT molecular complexity index is 1200. The van der Waals surface area contributed by atoms with Gasteiger partial charge in [0.1, 0.15) is 5.75 Å². The number of benzene rings is 2. The van der Waals surface area contributed by atoms with Crippen molar-refractivity contribution in [2.24, 2.45) is 0 Å². The van der Waals surface area contributed by atoms with Crippen LogP contribution in [-0.4, -0.2) is 39.4 Å². The Morgan fingerprint density at radius 1 is 1.09 bits per heavy atom. The second-order valence-electron chi connectivity index (χ2n) is 6.30. The van der Waals surface area contributed by atoms with Crippen molar-refractivity contribution in [2.45, 2.75) is 11.8 Å². The molecule has 0 aliphatic carbocycles.